The molecule has 0 amide bonds. The molecule has 0 saturated carbocycles. The summed E-state index contributed by atoms with van der Waals surface area (Å²) in [5.74, 6) is -0.548. The molecule has 1 fully saturated rings. The maximum Gasteiger partial charge on any atom is 0.319 e. The minimum Gasteiger partial charge on any atom is -0.465 e. The zero-order valence-electron chi connectivity index (χ0n) is 13.3. The molecule has 1 unspecified atom stereocenters. The third kappa shape index (κ3) is 4.03. The van der Waals surface area contributed by atoms with Gasteiger partial charge in [0.25, 0.3) is 0 Å². The second kappa shape index (κ2) is 6.68. The van der Waals surface area contributed by atoms with Crippen LogP contribution in [0.25, 0.3) is 0 Å². The number of hydrogen-bond donors (Lipinski definition) is 0. The van der Waals surface area contributed by atoms with Gasteiger partial charge in [-0.25, -0.2) is 0 Å². The van der Waals surface area contributed by atoms with Crippen LogP contribution in [0.4, 0.5) is 0 Å². The highest BCUT2D eigenvalue weighted by molar-refractivity contribution is 6.03. The molecule has 5 nitrogen and oxygen atoms in total. The standard InChI is InChI=1S/C15H27NO4/c1-6-20-13(18)14(2,3)12(17)10-16-9-7-8-15(4,11-16)19-5/h6-11H2,1-5H3. The van der Waals surface area contributed by atoms with Crippen LogP contribution in [0.15, 0.2) is 0 Å². The van der Waals surface area contributed by atoms with Gasteiger partial charge in [-0.1, -0.05) is 0 Å². The lowest BCUT2D eigenvalue weighted by Gasteiger charge is -2.39. The Morgan fingerprint density at radius 3 is 2.55 bits per heavy atom. The number of ketones is 1. The largest absolute Gasteiger partial charge is 0.465 e. The molecule has 0 spiro atoms. The number of likely N-dealkylation sites (tertiary alicyclic amines) is 1. The van der Waals surface area contributed by atoms with E-state index in [1.807, 2.05) is 0 Å². The Morgan fingerprint density at radius 1 is 1.35 bits per heavy atom. The second-order valence-electron chi connectivity index (χ2n) is 6.24. The zero-order valence-corrected chi connectivity index (χ0v) is 13.3. The molecule has 0 aromatic rings. The lowest BCUT2D eigenvalue weighted by Crippen LogP contribution is -2.51. The van der Waals surface area contributed by atoms with Crippen LogP contribution in [-0.4, -0.2) is 55.6 Å². The van der Waals surface area contributed by atoms with Crippen molar-refractivity contribution in [2.24, 2.45) is 5.41 Å². The Hall–Kier alpha value is -0.940. The van der Waals surface area contributed by atoms with Gasteiger partial charge in [-0.05, 0) is 47.1 Å². The zero-order chi connectivity index (χ0) is 15.4. The van der Waals surface area contributed by atoms with Gasteiger partial charge < -0.3 is 9.47 Å². The molecule has 0 radical (unpaired) electrons. The number of nitrogens with zero attached hydrogens (tertiary/aromatic N) is 1. The van der Waals surface area contributed by atoms with Gasteiger partial charge in [-0.3, -0.25) is 14.5 Å². The maximum atomic E-state index is 12.4. The van der Waals surface area contributed by atoms with Gasteiger partial charge in [0.05, 0.1) is 18.8 Å². The van der Waals surface area contributed by atoms with E-state index in [0.29, 0.717) is 13.2 Å². The third-order valence-corrected chi connectivity index (χ3v) is 4.08. The molecule has 0 aliphatic carbocycles. The van der Waals surface area contributed by atoms with Crippen molar-refractivity contribution in [1.82, 2.24) is 4.90 Å². The van der Waals surface area contributed by atoms with E-state index in [9.17, 15) is 9.59 Å². The van der Waals surface area contributed by atoms with Crippen LogP contribution in [0.3, 0.4) is 0 Å². The summed E-state index contributed by atoms with van der Waals surface area (Å²) in [7, 11) is 1.70. The first kappa shape index (κ1) is 17.1. The summed E-state index contributed by atoms with van der Waals surface area (Å²) in [4.78, 5) is 26.3. The van der Waals surface area contributed by atoms with E-state index in [4.69, 9.17) is 9.47 Å². The summed E-state index contributed by atoms with van der Waals surface area (Å²) in [5.41, 5.74) is -1.29. The molecule has 1 aliphatic heterocycles. The van der Waals surface area contributed by atoms with Crippen LogP contribution < -0.4 is 0 Å². The van der Waals surface area contributed by atoms with E-state index in [1.165, 1.54) is 0 Å². The summed E-state index contributed by atoms with van der Waals surface area (Å²) in [6.45, 7) is 9.20. The first-order chi connectivity index (χ1) is 9.25. The molecule has 116 valence electrons. The van der Waals surface area contributed by atoms with Gasteiger partial charge in [0.1, 0.15) is 5.41 Å². The van der Waals surface area contributed by atoms with Gasteiger partial charge in [-0.2, -0.15) is 0 Å². The van der Waals surface area contributed by atoms with Crippen LogP contribution >= 0.6 is 0 Å². The average molecular weight is 285 g/mol. The van der Waals surface area contributed by atoms with Gasteiger partial charge in [0.2, 0.25) is 0 Å². The van der Waals surface area contributed by atoms with Gasteiger partial charge in [-0.15, -0.1) is 0 Å². The Balaban J connectivity index is 2.63. The molecular weight excluding hydrogens is 258 g/mol. The predicted octanol–water partition coefficient (Wildman–Crippen LogP) is 1.65. The Kier molecular flexibility index (Phi) is 5.71. The number of ether oxygens (including phenoxy) is 2. The minimum absolute atomic E-state index is 0.101. The molecule has 0 bridgehead atoms. The Morgan fingerprint density at radius 2 is 2.00 bits per heavy atom. The molecule has 20 heavy (non-hydrogen) atoms. The van der Waals surface area contributed by atoms with Crippen LogP contribution in [0.1, 0.15) is 40.5 Å². The normalized spacial score (nSPS) is 24.4. The molecule has 0 aromatic carbocycles. The summed E-state index contributed by atoms with van der Waals surface area (Å²) in [6, 6.07) is 0. The number of piperidine rings is 1. The van der Waals surface area contributed by atoms with Crippen molar-refractivity contribution < 1.29 is 19.1 Å². The number of carbonyl (C=O) groups excluding carboxylic acids is 2. The van der Waals surface area contributed by atoms with Crippen molar-refractivity contribution in [1.29, 1.82) is 0 Å². The Bertz CT molecular complexity index is 367. The quantitative estimate of drug-likeness (QED) is 0.548. The highest BCUT2D eigenvalue weighted by Gasteiger charge is 2.39. The van der Waals surface area contributed by atoms with Gasteiger partial charge in [0, 0.05) is 13.7 Å². The first-order valence-electron chi connectivity index (χ1n) is 7.23. The van der Waals surface area contributed by atoms with Crippen LogP contribution in [-0.2, 0) is 19.1 Å². The van der Waals surface area contributed by atoms with Crippen molar-refractivity contribution in [2.45, 2.75) is 46.1 Å². The molecule has 1 aliphatic rings. The topological polar surface area (TPSA) is 55.8 Å². The highest BCUT2D eigenvalue weighted by atomic mass is 16.5. The highest BCUT2D eigenvalue weighted by Crippen LogP contribution is 2.25. The molecule has 1 atom stereocenters. The van der Waals surface area contributed by atoms with Gasteiger partial charge in [0.15, 0.2) is 5.78 Å². The van der Waals surface area contributed by atoms with Crippen molar-refractivity contribution in [2.75, 3.05) is 33.4 Å². The number of hydrogen-bond acceptors (Lipinski definition) is 5. The van der Waals surface area contributed by atoms with Crippen molar-refractivity contribution in [3.05, 3.63) is 0 Å². The molecule has 1 heterocycles. The van der Waals surface area contributed by atoms with Gasteiger partial charge >= 0.3 is 5.97 Å². The third-order valence-electron chi connectivity index (χ3n) is 4.08. The molecule has 5 heteroatoms. The summed E-state index contributed by atoms with van der Waals surface area (Å²) < 4.78 is 10.5. The van der Waals surface area contributed by atoms with Crippen molar-refractivity contribution in [3.8, 4) is 0 Å². The summed E-state index contributed by atoms with van der Waals surface area (Å²) in [6.07, 6.45) is 1.99. The van der Waals surface area contributed by atoms with Crippen LogP contribution in [0, 0.1) is 5.41 Å². The lowest BCUT2D eigenvalue weighted by molar-refractivity contribution is -0.158. The fraction of sp³-hybridized carbons (Fsp3) is 0.867. The average Bonchev–Trinajstić information content (AvgIpc) is 2.39. The molecule has 1 rings (SSSR count). The first-order valence-corrected chi connectivity index (χ1v) is 7.23. The predicted molar refractivity (Wildman–Crippen MR) is 76.5 cm³/mol. The lowest BCUT2D eigenvalue weighted by atomic mass is 9.86. The van der Waals surface area contributed by atoms with E-state index in [1.54, 1.807) is 27.9 Å². The monoisotopic (exact) mass is 285 g/mol. The molecule has 0 aromatic heterocycles. The number of carbonyl (C=O) groups is 2. The van der Waals surface area contributed by atoms with E-state index in [-0.39, 0.29) is 17.9 Å². The minimum atomic E-state index is -1.09. The SMILES string of the molecule is CCOC(=O)C(C)(C)C(=O)CN1CCCC(C)(OC)C1. The smallest absolute Gasteiger partial charge is 0.319 e. The molecule has 1 saturated heterocycles. The number of methoxy groups -OCH3 is 1. The van der Waals surface area contributed by atoms with E-state index in [2.05, 4.69) is 11.8 Å². The summed E-state index contributed by atoms with van der Waals surface area (Å²) >= 11 is 0. The van der Waals surface area contributed by atoms with E-state index in [0.717, 1.165) is 19.4 Å². The number of esters is 1. The number of Topliss-reactive ketones (excluding diaryl/α,β-unsaturated/α-hetero) is 1. The fourth-order valence-electron chi connectivity index (χ4n) is 2.44. The molecule has 0 N–H and O–H groups in total. The summed E-state index contributed by atoms with van der Waals surface area (Å²) in [5, 5.41) is 0. The van der Waals surface area contributed by atoms with E-state index >= 15 is 0 Å². The van der Waals surface area contributed by atoms with Crippen molar-refractivity contribution in [3.63, 3.8) is 0 Å². The molecular formula is C15H27NO4. The maximum absolute atomic E-state index is 12.4. The fourth-order valence-corrected chi connectivity index (χ4v) is 2.44. The van der Waals surface area contributed by atoms with Crippen molar-refractivity contribution >= 4 is 11.8 Å². The second-order valence-corrected chi connectivity index (χ2v) is 6.24. The van der Waals surface area contributed by atoms with Crippen LogP contribution in [0.5, 0.6) is 0 Å². The van der Waals surface area contributed by atoms with Crippen LogP contribution in [0.2, 0.25) is 0 Å². The Labute approximate surface area is 121 Å². The number of rotatable bonds is 6. The van der Waals surface area contributed by atoms with E-state index < -0.39 is 11.4 Å².